The van der Waals surface area contributed by atoms with E-state index >= 15 is 0 Å². The number of anilines is 2. The van der Waals surface area contributed by atoms with Crippen LogP contribution < -0.4 is 19.3 Å². The van der Waals surface area contributed by atoms with Crippen molar-refractivity contribution in [1.82, 2.24) is 9.97 Å². The second-order valence-corrected chi connectivity index (χ2v) is 15.1. The lowest BCUT2D eigenvalue weighted by molar-refractivity contribution is -0.141. The Labute approximate surface area is 367 Å². The zero-order valence-electron chi connectivity index (χ0n) is 33.7. The van der Waals surface area contributed by atoms with Crippen LogP contribution in [0.3, 0.4) is 0 Å². The molecule has 0 bridgehead atoms. The highest BCUT2D eigenvalue weighted by Crippen LogP contribution is 2.51. The number of hydrogen-bond acceptors (Lipinski definition) is 10. The lowest BCUT2D eigenvalue weighted by Crippen LogP contribution is -2.28. The molecule has 14 nitrogen and oxygen atoms in total. The van der Waals surface area contributed by atoms with Gasteiger partial charge >= 0.3 is 24.3 Å². The third kappa shape index (κ3) is 7.46. The van der Waals surface area contributed by atoms with Crippen molar-refractivity contribution in [3.63, 3.8) is 0 Å². The Hall–Kier alpha value is -6.54. The largest absolute Gasteiger partial charge is 0.506 e. The van der Waals surface area contributed by atoms with E-state index in [9.17, 15) is 55.7 Å². The number of rotatable bonds is 10. The first-order chi connectivity index (χ1) is 30.2. The molecular weight excluding hydrogens is 905 g/mol. The molecule has 64 heavy (non-hydrogen) atoms. The fourth-order valence-electron chi connectivity index (χ4n) is 8.32. The van der Waals surface area contributed by atoms with Crippen molar-refractivity contribution in [2.24, 2.45) is 0 Å². The van der Waals surface area contributed by atoms with Crippen molar-refractivity contribution in [2.45, 2.75) is 24.2 Å². The molecule has 5 aromatic rings. The summed E-state index contributed by atoms with van der Waals surface area (Å²) >= 11 is 12.5. The first-order valence-corrected chi connectivity index (χ1v) is 19.8. The molecule has 2 atom stereocenters. The number of carbonyl (C=O) groups is 4. The highest BCUT2D eigenvalue weighted by molar-refractivity contribution is 6.21. The van der Waals surface area contributed by atoms with Crippen LogP contribution in [0.2, 0.25) is 0 Å². The van der Waals surface area contributed by atoms with Crippen molar-refractivity contribution in [1.29, 1.82) is 0 Å². The van der Waals surface area contributed by atoms with E-state index in [1.165, 1.54) is 48.3 Å². The topological polar surface area (TPSA) is 184 Å². The number of nitrogens with one attached hydrogen (secondary N) is 2. The number of phenolic OH excluding ortho intramolecular Hbond substituents is 2. The van der Waals surface area contributed by atoms with Crippen LogP contribution in [0, 0.1) is 0 Å². The first kappa shape index (κ1) is 45.5. The molecule has 2 aromatic heterocycles. The maximum Gasteiger partial charge on any atom is 0.432 e. The molecule has 3 aromatic carbocycles. The minimum absolute atomic E-state index is 0.0126. The second-order valence-electron chi connectivity index (χ2n) is 14.5. The van der Waals surface area contributed by atoms with Crippen molar-refractivity contribution >= 4 is 92.3 Å². The van der Waals surface area contributed by atoms with Gasteiger partial charge in [0.05, 0.1) is 62.0 Å². The Morgan fingerprint density at radius 1 is 0.688 bits per heavy atom. The van der Waals surface area contributed by atoms with Gasteiger partial charge in [-0.15, -0.1) is 23.2 Å². The van der Waals surface area contributed by atoms with Crippen molar-refractivity contribution in [3.8, 4) is 23.0 Å². The number of hydrogen-bond donors (Lipinski definition) is 4. The molecule has 4 heterocycles. The summed E-state index contributed by atoms with van der Waals surface area (Å²) in [6.07, 6.45) is -5.09. The summed E-state index contributed by atoms with van der Waals surface area (Å²) in [5.74, 6) is -7.06. The standard InChI is InChI=1S/C42H34Cl2F6N4O10/c1-61-35-17(7-9-25(57)53-15-19(13-43)27-21(53)11-23(55)33-29(27)31(39(59)63-3)37(51-33)41(45,46)47)5-6-18(36(35)62-2)8-10-26(58)54-16-20(14-44)28-22(54)12-24(56)34-30(28)32(40(60)64-4)38(52-34)42(48,49)50/h5-12,19-20,51-52,55-56H,13-16H2,1-4H3/b9-7+,10-8+/t19-,20-/m1/s1. The zero-order valence-corrected chi connectivity index (χ0v) is 35.2. The summed E-state index contributed by atoms with van der Waals surface area (Å²) in [5, 5.41) is 21.2. The van der Waals surface area contributed by atoms with Gasteiger partial charge in [0.1, 0.15) is 22.9 Å². The number of alkyl halides is 8. The van der Waals surface area contributed by atoms with Gasteiger partial charge in [-0.1, -0.05) is 12.1 Å². The fourth-order valence-corrected chi connectivity index (χ4v) is 8.82. The highest BCUT2D eigenvalue weighted by atomic mass is 35.5. The zero-order chi connectivity index (χ0) is 46.7. The Morgan fingerprint density at radius 3 is 1.34 bits per heavy atom. The summed E-state index contributed by atoms with van der Waals surface area (Å²) in [7, 11) is 4.43. The van der Waals surface area contributed by atoms with E-state index in [4.69, 9.17) is 32.7 Å². The number of aromatic amines is 2. The van der Waals surface area contributed by atoms with Crippen molar-refractivity contribution < 1.29 is 74.7 Å². The normalized spacial score (nSPS) is 16.3. The molecule has 0 aliphatic carbocycles. The number of carbonyl (C=O) groups excluding carboxylic acids is 4. The quantitative estimate of drug-likeness (QED) is 0.0459. The van der Waals surface area contributed by atoms with Gasteiger partial charge in [-0.3, -0.25) is 9.59 Å². The Bertz CT molecular complexity index is 2640. The summed E-state index contributed by atoms with van der Waals surface area (Å²) in [5.41, 5.74) is -4.56. The third-order valence-electron chi connectivity index (χ3n) is 11.0. The van der Waals surface area contributed by atoms with Gasteiger partial charge in [0.2, 0.25) is 0 Å². The number of nitrogens with zero attached hydrogens (tertiary/aromatic N) is 2. The number of aromatic hydroxyl groups is 2. The van der Waals surface area contributed by atoms with Crippen molar-refractivity contribution in [2.75, 3.05) is 63.1 Å². The molecule has 0 spiro atoms. The predicted octanol–water partition coefficient (Wildman–Crippen LogP) is 8.45. The van der Waals surface area contributed by atoms with Crippen LogP contribution in [-0.2, 0) is 31.4 Å². The Morgan fingerprint density at radius 2 is 1.05 bits per heavy atom. The van der Waals surface area contributed by atoms with E-state index in [0.29, 0.717) is 11.1 Å². The fraction of sp³-hybridized carbons (Fsp3) is 0.286. The van der Waals surface area contributed by atoms with Gasteiger partial charge in [0, 0.05) is 82.9 Å². The molecule has 0 radical (unpaired) electrons. The average molecular weight is 940 g/mol. The first-order valence-electron chi connectivity index (χ1n) is 18.8. The van der Waals surface area contributed by atoms with Gasteiger partial charge in [0.15, 0.2) is 11.5 Å². The van der Waals surface area contributed by atoms with Crippen LogP contribution in [0.15, 0.2) is 36.4 Å². The van der Waals surface area contributed by atoms with Crippen LogP contribution in [-0.4, -0.2) is 97.2 Å². The summed E-state index contributed by atoms with van der Waals surface area (Å²) in [6.45, 7) is -0.258. The molecule has 7 rings (SSSR count). The van der Waals surface area contributed by atoms with E-state index in [2.05, 4.69) is 19.4 Å². The lowest BCUT2D eigenvalue weighted by atomic mass is 9.95. The van der Waals surface area contributed by atoms with Crippen LogP contribution >= 0.6 is 23.2 Å². The number of phenols is 2. The highest BCUT2D eigenvalue weighted by Gasteiger charge is 2.45. The van der Waals surface area contributed by atoms with Gasteiger partial charge in [0.25, 0.3) is 11.8 Å². The van der Waals surface area contributed by atoms with Crippen molar-refractivity contribution in [3.05, 3.63) is 81.2 Å². The minimum Gasteiger partial charge on any atom is -0.506 e. The number of esters is 2. The SMILES string of the molecule is COC(=O)c1c(C(F)(F)F)[nH]c2c(O)cc3c(c12)[C@H](CCl)CN3C(=O)/C=C/c1ccc(/C=C/C(=O)N2C[C@@H](CCl)c3c2cc(O)c2[nH]c(C(F)(F)F)c(C(=O)OC)c32)c(OC)c1OC. The number of methoxy groups -OCH3 is 4. The molecule has 0 saturated carbocycles. The number of amides is 2. The van der Waals surface area contributed by atoms with Crippen LogP contribution in [0.5, 0.6) is 23.0 Å². The molecule has 2 aliphatic rings. The molecule has 0 saturated heterocycles. The second kappa shape index (κ2) is 16.9. The smallest absolute Gasteiger partial charge is 0.432 e. The minimum atomic E-state index is -5.04. The number of fused-ring (bicyclic) bond motifs is 6. The van der Waals surface area contributed by atoms with Gasteiger partial charge in [-0.25, -0.2) is 9.59 Å². The van der Waals surface area contributed by atoms with E-state index in [1.807, 2.05) is 0 Å². The predicted molar refractivity (Wildman–Crippen MR) is 222 cm³/mol. The Kier molecular flexibility index (Phi) is 12.0. The van der Waals surface area contributed by atoms with Gasteiger partial charge in [-0.2, -0.15) is 26.3 Å². The molecule has 4 N–H and O–H groups in total. The molecule has 2 aliphatic heterocycles. The average Bonchev–Trinajstić information content (AvgIpc) is 4.04. The summed E-state index contributed by atoms with van der Waals surface area (Å²) < 4.78 is 105. The maximum absolute atomic E-state index is 14.1. The number of H-pyrrole nitrogens is 2. The molecule has 0 unspecified atom stereocenters. The number of halogens is 8. The molecule has 0 fully saturated rings. The van der Waals surface area contributed by atoms with Gasteiger partial charge in [-0.05, 0) is 23.3 Å². The molecular formula is C42H34Cl2F6N4O10. The lowest BCUT2D eigenvalue weighted by Gasteiger charge is -2.17. The maximum atomic E-state index is 14.1. The molecule has 338 valence electrons. The molecule has 2 amide bonds. The van der Waals surface area contributed by atoms with Crippen LogP contribution in [0.4, 0.5) is 37.7 Å². The van der Waals surface area contributed by atoms with Crippen LogP contribution in [0.25, 0.3) is 34.0 Å². The number of ether oxygens (including phenoxy) is 4. The van der Waals surface area contributed by atoms with E-state index in [0.717, 1.165) is 38.5 Å². The monoisotopic (exact) mass is 938 g/mol. The number of benzene rings is 3. The Balaban J connectivity index is 1.20. The third-order valence-corrected chi connectivity index (χ3v) is 11.7. The summed E-state index contributed by atoms with van der Waals surface area (Å²) in [6, 6.07) is 5.24. The molecule has 22 heteroatoms. The number of aromatic nitrogens is 2. The van der Waals surface area contributed by atoms with E-state index in [1.54, 1.807) is 0 Å². The summed E-state index contributed by atoms with van der Waals surface area (Å²) in [4.78, 5) is 59.6. The van der Waals surface area contributed by atoms with Gasteiger partial charge < -0.3 is 48.9 Å². The van der Waals surface area contributed by atoms with Crippen LogP contribution in [0.1, 0.15) is 66.2 Å². The van der Waals surface area contributed by atoms with E-state index < -0.39 is 93.0 Å². The van der Waals surface area contributed by atoms with E-state index in [-0.39, 0.29) is 69.6 Å².